The number of thiophene rings is 1. The summed E-state index contributed by atoms with van der Waals surface area (Å²) in [7, 11) is 2.97. The van der Waals surface area contributed by atoms with Crippen molar-refractivity contribution in [1.82, 2.24) is 20.6 Å². The van der Waals surface area contributed by atoms with Gasteiger partial charge in [-0.2, -0.15) is 5.21 Å². The Hall–Kier alpha value is -2.16. The van der Waals surface area contributed by atoms with Crippen molar-refractivity contribution in [1.29, 1.82) is 0 Å². The zero-order valence-corrected chi connectivity index (χ0v) is 9.87. The molecule has 0 aliphatic carbocycles. The Labute approximate surface area is 99.9 Å². The zero-order valence-electron chi connectivity index (χ0n) is 9.05. The van der Waals surface area contributed by atoms with Gasteiger partial charge in [-0.15, -0.1) is 16.4 Å². The number of nitrogens with zero attached hydrogens (tertiary/aromatic N) is 3. The van der Waals surface area contributed by atoms with Gasteiger partial charge in [0, 0.05) is 5.38 Å². The molecular formula is C8H9N5O3S. The molecule has 90 valence electrons. The van der Waals surface area contributed by atoms with E-state index >= 15 is 0 Å². The van der Waals surface area contributed by atoms with Crippen molar-refractivity contribution < 1.29 is 14.3 Å². The highest BCUT2D eigenvalue weighted by atomic mass is 32.1. The van der Waals surface area contributed by atoms with E-state index in [2.05, 4.69) is 25.9 Å². The van der Waals surface area contributed by atoms with E-state index in [9.17, 15) is 4.79 Å². The minimum atomic E-state index is -0.378. The Balaban J connectivity index is 2.22. The van der Waals surface area contributed by atoms with Crippen molar-refractivity contribution in [3.05, 3.63) is 10.3 Å². The average Bonchev–Trinajstić information content (AvgIpc) is 2.95. The summed E-state index contributed by atoms with van der Waals surface area (Å²) in [6, 6.07) is 0. The first kappa shape index (κ1) is 11.3. The smallest absolute Gasteiger partial charge is 0.272 e. The molecule has 0 aliphatic rings. The van der Waals surface area contributed by atoms with Crippen LogP contribution >= 0.6 is 11.3 Å². The number of tetrazole rings is 1. The van der Waals surface area contributed by atoms with Gasteiger partial charge in [0.2, 0.25) is 0 Å². The fourth-order valence-corrected chi connectivity index (χ4v) is 2.07. The predicted molar refractivity (Wildman–Crippen MR) is 59.6 cm³/mol. The van der Waals surface area contributed by atoms with Gasteiger partial charge in [-0.1, -0.05) is 5.10 Å². The van der Waals surface area contributed by atoms with Crippen LogP contribution in [0.4, 0.5) is 5.95 Å². The predicted octanol–water partition coefficient (Wildman–Crippen LogP) is 0.531. The SMILES string of the molecule is COc1csc(C(=O)Nc2nn[nH]n2)c1OC. The first-order valence-corrected chi connectivity index (χ1v) is 5.38. The van der Waals surface area contributed by atoms with Gasteiger partial charge in [-0.05, 0) is 5.21 Å². The molecule has 0 spiro atoms. The van der Waals surface area contributed by atoms with E-state index in [1.165, 1.54) is 25.6 Å². The highest BCUT2D eigenvalue weighted by Gasteiger charge is 2.20. The number of carbonyl (C=O) groups is 1. The second kappa shape index (κ2) is 4.78. The number of hydrogen-bond donors (Lipinski definition) is 2. The molecule has 2 aromatic rings. The lowest BCUT2D eigenvalue weighted by molar-refractivity contribution is 0.102. The van der Waals surface area contributed by atoms with E-state index in [0.29, 0.717) is 16.4 Å². The zero-order chi connectivity index (χ0) is 12.3. The van der Waals surface area contributed by atoms with Gasteiger partial charge >= 0.3 is 0 Å². The first-order chi connectivity index (χ1) is 8.26. The van der Waals surface area contributed by atoms with Crippen LogP contribution in [0.1, 0.15) is 9.67 Å². The summed E-state index contributed by atoms with van der Waals surface area (Å²) in [6.45, 7) is 0. The lowest BCUT2D eigenvalue weighted by atomic mass is 10.4. The Morgan fingerprint density at radius 2 is 2.29 bits per heavy atom. The summed E-state index contributed by atoms with van der Waals surface area (Å²) in [5, 5.41) is 17.0. The highest BCUT2D eigenvalue weighted by Crippen LogP contribution is 2.37. The number of methoxy groups -OCH3 is 2. The molecule has 0 saturated carbocycles. The van der Waals surface area contributed by atoms with Gasteiger partial charge < -0.3 is 9.47 Å². The number of nitrogens with one attached hydrogen (secondary N) is 2. The summed E-state index contributed by atoms with van der Waals surface area (Å²) < 4.78 is 10.2. The van der Waals surface area contributed by atoms with Gasteiger partial charge in [-0.3, -0.25) is 10.1 Å². The van der Waals surface area contributed by atoms with Gasteiger partial charge in [0.1, 0.15) is 4.88 Å². The van der Waals surface area contributed by atoms with Crippen molar-refractivity contribution in [2.45, 2.75) is 0 Å². The van der Waals surface area contributed by atoms with Crippen LogP contribution in [0, 0.1) is 0 Å². The number of ether oxygens (including phenoxy) is 2. The minimum Gasteiger partial charge on any atom is -0.492 e. The third-order valence-electron chi connectivity index (χ3n) is 1.91. The maximum absolute atomic E-state index is 11.9. The van der Waals surface area contributed by atoms with Crippen molar-refractivity contribution >= 4 is 23.2 Å². The van der Waals surface area contributed by atoms with Crippen molar-refractivity contribution in [2.24, 2.45) is 0 Å². The molecule has 2 N–H and O–H groups in total. The van der Waals surface area contributed by atoms with E-state index in [1.807, 2.05) is 0 Å². The lowest BCUT2D eigenvalue weighted by Gasteiger charge is -2.04. The number of aromatic nitrogens is 4. The average molecular weight is 255 g/mol. The van der Waals surface area contributed by atoms with Crippen molar-refractivity contribution in [2.75, 3.05) is 19.5 Å². The molecule has 8 nitrogen and oxygen atoms in total. The van der Waals surface area contributed by atoms with Gasteiger partial charge in [-0.25, -0.2) is 0 Å². The first-order valence-electron chi connectivity index (χ1n) is 4.50. The molecule has 0 unspecified atom stereocenters. The molecule has 0 bridgehead atoms. The van der Waals surface area contributed by atoms with E-state index in [0.717, 1.165) is 0 Å². The normalized spacial score (nSPS) is 10.0. The van der Waals surface area contributed by atoms with E-state index in [4.69, 9.17) is 9.47 Å². The van der Waals surface area contributed by atoms with Crippen LogP contribution in [0.2, 0.25) is 0 Å². The third kappa shape index (κ3) is 2.18. The van der Waals surface area contributed by atoms with Crippen LogP contribution in [0.15, 0.2) is 5.38 Å². The summed E-state index contributed by atoms with van der Waals surface area (Å²) >= 11 is 1.21. The topological polar surface area (TPSA) is 102 Å². The number of aromatic amines is 1. The fourth-order valence-electron chi connectivity index (χ4n) is 1.20. The van der Waals surface area contributed by atoms with Crippen LogP contribution in [0.5, 0.6) is 11.5 Å². The van der Waals surface area contributed by atoms with Crippen LogP contribution in [-0.4, -0.2) is 40.8 Å². The van der Waals surface area contributed by atoms with E-state index in [1.54, 1.807) is 5.38 Å². The maximum atomic E-state index is 11.9. The Morgan fingerprint density at radius 1 is 1.47 bits per heavy atom. The lowest BCUT2D eigenvalue weighted by Crippen LogP contribution is -2.12. The molecule has 0 saturated heterocycles. The summed E-state index contributed by atoms with van der Waals surface area (Å²) in [6.07, 6.45) is 0. The standard InChI is InChI=1S/C8H9N5O3S/c1-15-4-3-17-6(5(4)16-2)7(14)9-8-10-12-13-11-8/h3H,1-2H3,(H2,9,10,11,12,13,14). The Morgan fingerprint density at radius 3 is 2.88 bits per heavy atom. The molecule has 0 radical (unpaired) electrons. The molecule has 0 fully saturated rings. The molecule has 0 aromatic carbocycles. The fraction of sp³-hybridized carbons (Fsp3) is 0.250. The molecule has 17 heavy (non-hydrogen) atoms. The summed E-state index contributed by atoms with van der Waals surface area (Å²) in [4.78, 5) is 12.2. The summed E-state index contributed by atoms with van der Waals surface area (Å²) in [5.41, 5.74) is 0. The number of H-pyrrole nitrogens is 1. The van der Waals surface area contributed by atoms with E-state index < -0.39 is 0 Å². The molecule has 2 heterocycles. The Kier molecular flexibility index (Phi) is 3.19. The van der Waals surface area contributed by atoms with Crippen molar-refractivity contribution in [3.8, 4) is 11.5 Å². The van der Waals surface area contributed by atoms with Crippen LogP contribution in [-0.2, 0) is 0 Å². The molecular weight excluding hydrogens is 246 g/mol. The quantitative estimate of drug-likeness (QED) is 0.826. The number of hydrogen-bond acceptors (Lipinski definition) is 7. The second-order valence-corrected chi connectivity index (χ2v) is 3.74. The van der Waals surface area contributed by atoms with Gasteiger partial charge in [0.25, 0.3) is 11.9 Å². The summed E-state index contributed by atoms with van der Waals surface area (Å²) in [5.74, 6) is 0.621. The monoisotopic (exact) mass is 255 g/mol. The number of amides is 1. The largest absolute Gasteiger partial charge is 0.492 e. The number of anilines is 1. The molecule has 9 heteroatoms. The number of rotatable bonds is 4. The molecule has 0 aliphatic heterocycles. The van der Waals surface area contributed by atoms with Crippen LogP contribution in [0.3, 0.4) is 0 Å². The van der Waals surface area contributed by atoms with Crippen LogP contribution in [0.25, 0.3) is 0 Å². The van der Waals surface area contributed by atoms with Gasteiger partial charge in [0.05, 0.1) is 14.2 Å². The minimum absolute atomic E-state index is 0.101. The molecule has 2 rings (SSSR count). The molecule has 2 aromatic heterocycles. The number of carbonyl (C=O) groups excluding carboxylic acids is 1. The second-order valence-electron chi connectivity index (χ2n) is 2.86. The van der Waals surface area contributed by atoms with Crippen molar-refractivity contribution in [3.63, 3.8) is 0 Å². The third-order valence-corrected chi connectivity index (χ3v) is 2.85. The maximum Gasteiger partial charge on any atom is 0.272 e. The highest BCUT2D eigenvalue weighted by molar-refractivity contribution is 7.13. The van der Waals surface area contributed by atoms with Gasteiger partial charge in [0.15, 0.2) is 11.5 Å². The molecule has 1 amide bonds. The Bertz CT molecular complexity index is 509. The molecule has 0 atom stereocenters. The van der Waals surface area contributed by atoms with Crippen LogP contribution < -0.4 is 14.8 Å². The van der Waals surface area contributed by atoms with E-state index in [-0.39, 0.29) is 11.9 Å².